The molecule has 0 spiro atoms. The van der Waals surface area contributed by atoms with E-state index in [9.17, 15) is 112 Å². The normalized spacial score (nSPS) is 50.9. The van der Waals surface area contributed by atoms with Crippen LogP contribution in [0.3, 0.4) is 0 Å². The summed E-state index contributed by atoms with van der Waals surface area (Å²) in [5, 5.41) is 227. The molecule has 128 heavy (non-hydrogen) atoms. The first-order valence-electron chi connectivity index (χ1n) is 46.4. The number of ether oxygens (including phenoxy) is 16. The Morgan fingerprint density at radius 2 is 0.922 bits per heavy atom. The van der Waals surface area contributed by atoms with E-state index in [-0.39, 0.29) is 30.7 Å². The van der Waals surface area contributed by atoms with Crippen molar-refractivity contribution in [3.8, 4) is 0 Å². The Balaban J connectivity index is 0.759. The first kappa shape index (κ1) is 102. The number of hydrogen-bond donors (Lipinski definition) is 21. The SMILES string of the molecule is CCCCCCCCCCCCNC(=O)[C@H]1O[C@@H](O[C@H]2CC[C@]3(C)[C@H]4CC=C5[C@H]6CC(C)(C)CC[C@]6(C(=O)O[C@@H]6O[C@H](C)[C@H](O)[C@H](O)[C@H]6O[C@@H]6O[C@@H](C)[C@H](O[C@@H]7OC[C@@H](O)[C@H](O)[C@H]7O)[C@@H](O[C@@H]7O[C@H](CO)[C@@H](O)[C@H](O[C@@H]8OC[C@@H](O)[C@H](O)[C@H]8O)[C@H]7O)[C@H]6O)CC[C@@]5(C)[C@]4(C)CC[C@H]3[C@]2(C)C=O)[C@H](O[C@@H]2O[C@H](CO)[C@H](O)[C@H](O)[C@H]2O)[C@@H](O[C@@H]2O[C@@H](C)[C@H](O)[C@@H](O)[C@H]2O)[C@@H]1O. The lowest BCUT2D eigenvalue weighted by Gasteiger charge is -2.71. The highest BCUT2D eigenvalue weighted by atomic mass is 16.8. The quantitative estimate of drug-likeness (QED) is 0.0107. The van der Waals surface area contributed by atoms with Gasteiger partial charge in [-0.05, 0) is 131 Å². The number of esters is 1. The van der Waals surface area contributed by atoms with Gasteiger partial charge in [-0.2, -0.15) is 0 Å². The Morgan fingerprint density at radius 3 is 1.52 bits per heavy atom. The number of unbranched alkanes of at least 4 members (excludes halogenated alkanes) is 9. The molecular weight excluding hydrogens is 1690 g/mol. The summed E-state index contributed by atoms with van der Waals surface area (Å²) in [7, 11) is 0. The predicted octanol–water partition coefficient (Wildman–Crippen LogP) is -3.15. The molecule has 0 bridgehead atoms. The molecule has 47 atom stereocenters. The van der Waals surface area contributed by atoms with Crippen LogP contribution in [0.25, 0.3) is 0 Å². The number of rotatable bonds is 31. The molecular formula is C88H145NO39. The van der Waals surface area contributed by atoms with Crippen LogP contribution in [0, 0.1) is 50.2 Å². The summed E-state index contributed by atoms with van der Waals surface area (Å²) in [4.78, 5) is 45.5. The molecule has 12 fully saturated rings. The molecule has 40 nitrogen and oxygen atoms in total. The molecule has 21 N–H and O–H groups in total. The molecule has 5 aliphatic carbocycles. The first-order valence-corrected chi connectivity index (χ1v) is 46.4. The highest BCUT2D eigenvalue weighted by Crippen LogP contribution is 2.76. The smallest absolute Gasteiger partial charge is 0.315 e. The average Bonchev–Trinajstić information content (AvgIpc) is 0.672. The van der Waals surface area contributed by atoms with E-state index in [1.807, 2.05) is 0 Å². The van der Waals surface area contributed by atoms with Crippen molar-refractivity contribution in [3.63, 3.8) is 0 Å². The number of fused-ring (bicyclic) bond motifs is 7. The summed E-state index contributed by atoms with van der Waals surface area (Å²) in [6.07, 6.45) is -52.4. The highest BCUT2D eigenvalue weighted by Gasteiger charge is 2.72. The van der Waals surface area contributed by atoms with Crippen LogP contribution >= 0.6 is 0 Å². The summed E-state index contributed by atoms with van der Waals surface area (Å²) in [5.41, 5.74) is -3.73. The minimum absolute atomic E-state index is 0.133. The van der Waals surface area contributed by atoms with Crippen LogP contribution in [0.4, 0.5) is 0 Å². The van der Waals surface area contributed by atoms with Crippen LogP contribution in [0.15, 0.2) is 11.6 Å². The average molecular weight is 1840 g/mol. The van der Waals surface area contributed by atoms with Crippen molar-refractivity contribution < 1.29 is 192 Å². The van der Waals surface area contributed by atoms with Gasteiger partial charge in [0.2, 0.25) is 6.29 Å². The molecule has 40 heteroatoms. The van der Waals surface area contributed by atoms with Gasteiger partial charge in [0.25, 0.3) is 5.91 Å². The zero-order valence-corrected chi connectivity index (χ0v) is 74.8. The minimum Gasteiger partial charge on any atom is -0.432 e. The van der Waals surface area contributed by atoms with Crippen LogP contribution in [-0.4, -0.2) is 393 Å². The van der Waals surface area contributed by atoms with E-state index in [4.69, 9.17) is 75.8 Å². The molecule has 736 valence electrons. The van der Waals surface area contributed by atoms with Crippen molar-refractivity contribution in [1.29, 1.82) is 0 Å². The van der Waals surface area contributed by atoms with Gasteiger partial charge in [-0.15, -0.1) is 0 Å². The van der Waals surface area contributed by atoms with Crippen molar-refractivity contribution in [2.45, 2.75) is 437 Å². The van der Waals surface area contributed by atoms with Gasteiger partial charge in [0.05, 0.1) is 61.7 Å². The van der Waals surface area contributed by atoms with Crippen molar-refractivity contribution >= 4 is 18.2 Å². The highest BCUT2D eigenvalue weighted by molar-refractivity contribution is 5.82. The first-order chi connectivity index (χ1) is 60.5. The molecule has 13 rings (SSSR count). The van der Waals surface area contributed by atoms with Crippen LogP contribution in [0.5, 0.6) is 0 Å². The van der Waals surface area contributed by atoms with E-state index in [0.717, 1.165) is 50.4 Å². The summed E-state index contributed by atoms with van der Waals surface area (Å²) in [6, 6.07) is 0. The van der Waals surface area contributed by atoms with Crippen molar-refractivity contribution in [2.75, 3.05) is 33.0 Å². The van der Waals surface area contributed by atoms with Gasteiger partial charge >= 0.3 is 5.97 Å². The van der Waals surface area contributed by atoms with E-state index >= 15 is 4.79 Å². The fourth-order valence-electron chi connectivity index (χ4n) is 23.5. The van der Waals surface area contributed by atoms with Crippen LogP contribution in [0.2, 0.25) is 0 Å². The fourth-order valence-corrected chi connectivity index (χ4v) is 23.5. The number of aliphatic hydroxyl groups excluding tert-OH is 20. The van der Waals surface area contributed by atoms with Crippen LogP contribution in [0.1, 0.15) is 198 Å². The summed E-state index contributed by atoms with van der Waals surface area (Å²) >= 11 is 0. The Hall–Kier alpha value is -3.05. The van der Waals surface area contributed by atoms with E-state index in [0.29, 0.717) is 57.8 Å². The van der Waals surface area contributed by atoms with Crippen LogP contribution < -0.4 is 5.32 Å². The van der Waals surface area contributed by atoms with E-state index < -0.39 is 317 Å². The number of aldehydes is 1. The van der Waals surface area contributed by atoms with Gasteiger partial charge < -0.3 is 188 Å². The topological polar surface area (TPSA) is 616 Å². The number of aliphatic hydroxyl groups is 20. The monoisotopic (exact) mass is 1840 g/mol. The molecule has 0 aromatic heterocycles. The predicted molar refractivity (Wildman–Crippen MR) is 435 cm³/mol. The number of allylic oxidation sites excluding steroid dienone is 2. The fraction of sp³-hybridized carbons (Fsp3) is 0.943. The van der Waals surface area contributed by atoms with Gasteiger partial charge in [-0.25, -0.2) is 0 Å². The number of carbonyl (C=O) groups excluding carboxylic acids is 3. The van der Waals surface area contributed by atoms with E-state index in [1.165, 1.54) is 40.0 Å². The number of hydrogen-bond acceptors (Lipinski definition) is 39. The third-order valence-corrected chi connectivity index (χ3v) is 31.8. The Labute approximate surface area is 744 Å². The maximum atomic E-state index is 16.1. The van der Waals surface area contributed by atoms with E-state index in [2.05, 4.69) is 52.9 Å². The summed E-state index contributed by atoms with van der Waals surface area (Å²) in [5.74, 6) is -2.56. The number of carbonyl (C=O) groups is 3. The lowest BCUT2D eigenvalue weighted by molar-refractivity contribution is -0.399. The van der Waals surface area contributed by atoms with Crippen molar-refractivity contribution in [3.05, 3.63) is 11.6 Å². The summed E-state index contributed by atoms with van der Waals surface area (Å²) in [6.45, 7) is 16.4. The molecule has 1 amide bonds. The molecule has 0 aromatic rings. The molecule has 8 aliphatic heterocycles. The molecule has 8 saturated heterocycles. The Morgan fingerprint density at radius 1 is 0.438 bits per heavy atom. The third-order valence-electron chi connectivity index (χ3n) is 31.8. The standard InChI is InChI=1S/C88H145NO39/c1-11-12-13-14-15-16-17-18-19-20-31-89-73(111)70-63(108)68(123-76-61(106)56(101)50(95)38(2)115-76)72(127-77-62(107)57(102)54(99)45(33-90)118-77)81(125-70)120-49-24-25-84(7)47(85(49,8)37-92)23-26-87(10)48(84)22-21-41-42-32-83(5,6)27-29-88(42,30-28-86(41,87)9)82(112)128-80-71(58(103)51(96)39(3)116-80)126-78-65(110)69(66(40(4)117-78)121-74-59(104)52(97)43(93)35-113-74)124-79-64(109)67(55(100)46(34-91)119-79)122-75-60(105)53(98)44(94)36-114-75/h21,37-40,42-72,74-81,90-91,93-110H,11-20,22-36H2,1-10H3,(H,89,111)/t38-,39+,40-,42+,43+,44+,45+,46+,47+,48+,49-,50-,51-,52-,53-,54-,55+,56+,57-,58-,59+,60+,61+,62+,63-,64+,65+,66-,67-,68-,69-,70-,71+,72+,74-,75-,76-,77-,78-,79-,80-,81+,84-,85-,86+,87+,88-/m0/s1. The molecule has 13 aliphatic rings. The Bertz CT molecular complexity index is 3650. The second-order valence-corrected chi connectivity index (χ2v) is 40.4. The summed E-state index contributed by atoms with van der Waals surface area (Å²) < 4.78 is 99.3. The van der Waals surface area contributed by atoms with Gasteiger partial charge in [-0.3, -0.25) is 9.59 Å². The molecule has 0 aromatic carbocycles. The van der Waals surface area contributed by atoms with Gasteiger partial charge in [0.1, 0.15) is 159 Å². The molecule has 8 heterocycles. The van der Waals surface area contributed by atoms with Crippen LogP contribution in [-0.2, 0) is 90.2 Å². The maximum Gasteiger partial charge on any atom is 0.315 e. The second-order valence-electron chi connectivity index (χ2n) is 40.4. The zero-order chi connectivity index (χ0) is 93.1. The number of amides is 1. The molecule has 0 radical (unpaired) electrons. The van der Waals surface area contributed by atoms with Gasteiger partial charge in [0, 0.05) is 6.54 Å². The lowest BCUT2D eigenvalue weighted by Crippen LogP contribution is -2.69. The van der Waals surface area contributed by atoms with Crippen molar-refractivity contribution in [1.82, 2.24) is 5.32 Å². The zero-order valence-electron chi connectivity index (χ0n) is 74.8. The lowest BCUT2D eigenvalue weighted by atomic mass is 9.33. The van der Waals surface area contributed by atoms with Crippen molar-refractivity contribution in [2.24, 2.45) is 50.2 Å². The largest absolute Gasteiger partial charge is 0.432 e. The molecule has 4 saturated carbocycles. The Kier molecular flexibility index (Phi) is 33.4. The van der Waals surface area contributed by atoms with Gasteiger partial charge in [-0.1, -0.05) is 118 Å². The maximum absolute atomic E-state index is 16.1. The minimum atomic E-state index is -2.18. The second kappa shape index (κ2) is 41.7. The third kappa shape index (κ3) is 19.8. The van der Waals surface area contributed by atoms with Gasteiger partial charge in [0.15, 0.2) is 56.2 Å². The number of nitrogens with one attached hydrogen (secondary N) is 1. The van der Waals surface area contributed by atoms with E-state index in [1.54, 1.807) is 6.92 Å². The molecule has 0 unspecified atom stereocenters.